The van der Waals surface area contributed by atoms with Crippen molar-refractivity contribution in [3.63, 3.8) is 0 Å². The van der Waals surface area contributed by atoms with Crippen LogP contribution in [0.3, 0.4) is 0 Å². The molecule has 4 heteroatoms. The summed E-state index contributed by atoms with van der Waals surface area (Å²) in [6, 6.07) is 5.58. The van der Waals surface area contributed by atoms with Crippen molar-refractivity contribution in [1.29, 1.82) is 0 Å². The van der Waals surface area contributed by atoms with Gasteiger partial charge >= 0.3 is 0 Å². The number of carbonyl (C=O) groups excluding carboxylic acids is 1. The van der Waals surface area contributed by atoms with Crippen LogP contribution in [0.15, 0.2) is 24.4 Å². The highest BCUT2D eigenvalue weighted by molar-refractivity contribution is 6.07. The van der Waals surface area contributed by atoms with E-state index in [1.54, 1.807) is 6.20 Å². The highest BCUT2D eigenvalue weighted by Gasteiger charge is 2.36. The van der Waals surface area contributed by atoms with Crippen LogP contribution in [0.25, 0.3) is 10.9 Å². The molecule has 4 N–H and O–H groups in total. The molecule has 1 aromatic carbocycles. The lowest BCUT2D eigenvalue weighted by Crippen LogP contribution is -2.52. The number of aromatic nitrogens is 1. The van der Waals surface area contributed by atoms with Crippen molar-refractivity contribution in [1.82, 2.24) is 10.3 Å². The van der Waals surface area contributed by atoms with Gasteiger partial charge in [0.15, 0.2) is 0 Å². The van der Waals surface area contributed by atoms with Gasteiger partial charge in [-0.15, -0.1) is 0 Å². The van der Waals surface area contributed by atoms with Gasteiger partial charge in [0.2, 0.25) is 0 Å². The number of nitrogens with one attached hydrogen (secondary N) is 2. The Morgan fingerprint density at radius 3 is 2.89 bits per heavy atom. The van der Waals surface area contributed by atoms with Gasteiger partial charge < -0.3 is 16.0 Å². The molecule has 1 saturated carbocycles. The summed E-state index contributed by atoms with van der Waals surface area (Å²) >= 11 is 0. The number of aromatic amines is 1. The van der Waals surface area contributed by atoms with Gasteiger partial charge in [0.25, 0.3) is 5.91 Å². The molecule has 2 aromatic rings. The number of carbonyl (C=O) groups is 1. The van der Waals surface area contributed by atoms with Crippen molar-refractivity contribution in [3.8, 4) is 0 Å². The quantitative estimate of drug-likeness (QED) is 0.740. The summed E-state index contributed by atoms with van der Waals surface area (Å²) in [4.78, 5) is 15.5. The van der Waals surface area contributed by atoms with Crippen molar-refractivity contribution in [2.45, 2.75) is 38.1 Å². The van der Waals surface area contributed by atoms with E-state index < -0.39 is 0 Å². The molecule has 1 amide bonds. The van der Waals surface area contributed by atoms with E-state index in [9.17, 15) is 4.79 Å². The number of benzene rings is 1. The van der Waals surface area contributed by atoms with Crippen LogP contribution in [-0.4, -0.2) is 16.4 Å². The van der Waals surface area contributed by atoms with Crippen LogP contribution in [0.4, 0.5) is 5.69 Å². The summed E-state index contributed by atoms with van der Waals surface area (Å²) in [6.07, 6.45) is 6.12. The predicted molar refractivity (Wildman–Crippen MR) is 77.1 cm³/mol. The van der Waals surface area contributed by atoms with E-state index in [0.717, 1.165) is 30.2 Å². The monoisotopic (exact) mass is 257 g/mol. The maximum absolute atomic E-state index is 12.4. The number of nitrogens with two attached hydrogens (primary N) is 1. The van der Waals surface area contributed by atoms with Crippen LogP contribution in [0.2, 0.25) is 0 Å². The molecule has 0 atom stereocenters. The van der Waals surface area contributed by atoms with Crippen molar-refractivity contribution >= 4 is 22.5 Å². The van der Waals surface area contributed by atoms with Crippen LogP contribution in [0.1, 0.15) is 43.0 Å². The Bertz CT molecular complexity index is 620. The molecule has 0 saturated heterocycles. The molecular formula is C15H19N3O. The third-order valence-corrected chi connectivity index (χ3v) is 4.32. The summed E-state index contributed by atoms with van der Waals surface area (Å²) in [5, 5.41) is 4.09. The van der Waals surface area contributed by atoms with Gasteiger partial charge in [-0.25, -0.2) is 0 Å². The zero-order valence-corrected chi connectivity index (χ0v) is 11.1. The van der Waals surface area contributed by atoms with E-state index in [-0.39, 0.29) is 11.4 Å². The van der Waals surface area contributed by atoms with Crippen LogP contribution < -0.4 is 11.1 Å². The number of hydrogen-bond donors (Lipinski definition) is 3. The Morgan fingerprint density at radius 2 is 2.26 bits per heavy atom. The van der Waals surface area contributed by atoms with Gasteiger partial charge in [0, 0.05) is 28.3 Å². The first-order valence-electron chi connectivity index (χ1n) is 6.83. The third-order valence-electron chi connectivity index (χ3n) is 4.32. The first kappa shape index (κ1) is 12.1. The molecule has 100 valence electrons. The molecule has 0 unspecified atom stereocenters. The van der Waals surface area contributed by atoms with E-state index in [1.165, 1.54) is 6.42 Å². The standard InChI is InChI=1S/C15H19N3O/c1-2-15(6-3-7-15)18-14(19)12-9-17-13-5-4-10(16)8-11(12)13/h4-5,8-9,17H,2-3,6-7,16H2,1H3,(H,18,19). The number of fused-ring (bicyclic) bond motifs is 1. The second kappa shape index (κ2) is 4.30. The van der Waals surface area contributed by atoms with Gasteiger partial charge in [0.05, 0.1) is 5.56 Å². The molecule has 19 heavy (non-hydrogen) atoms. The second-order valence-corrected chi connectivity index (χ2v) is 5.45. The fourth-order valence-corrected chi connectivity index (χ4v) is 2.80. The Hall–Kier alpha value is -1.97. The van der Waals surface area contributed by atoms with E-state index >= 15 is 0 Å². The largest absolute Gasteiger partial charge is 0.399 e. The second-order valence-electron chi connectivity index (χ2n) is 5.45. The zero-order chi connectivity index (χ0) is 13.5. The number of nitrogen functional groups attached to an aromatic ring is 1. The highest BCUT2D eigenvalue weighted by atomic mass is 16.1. The van der Waals surface area contributed by atoms with Crippen LogP contribution in [0.5, 0.6) is 0 Å². The minimum absolute atomic E-state index is 0.00148. The lowest BCUT2D eigenvalue weighted by Gasteiger charge is -2.42. The summed E-state index contributed by atoms with van der Waals surface area (Å²) in [5.74, 6) is -0.00148. The molecule has 4 nitrogen and oxygen atoms in total. The molecule has 0 aliphatic heterocycles. The average Bonchev–Trinajstić information content (AvgIpc) is 2.76. The van der Waals surface area contributed by atoms with E-state index in [4.69, 9.17) is 5.73 Å². The van der Waals surface area contributed by atoms with E-state index in [0.29, 0.717) is 11.3 Å². The Labute approximate surface area is 112 Å². The normalized spacial score (nSPS) is 17.1. The molecule has 1 fully saturated rings. The fraction of sp³-hybridized carbons (Fsp3) is 0.400. The molecule has 0 radical (unpaired) electrons. The molecule has 0 spiro atoms. The van der Waals surface area contributed by atoms with Gasteiger partial charge in [-0.05, 0) is 43.9 Å². The summed E-state index contributed by atoms with van der Waals surface area (Å²) in [5.41, 5.74) is 8.11. The minimum Gasteiger partial charge on any atom is -0.399 e. The first-order chi connectivity index (χ1) is 9.13. The maximum Gasteiger partial charge on any atom is 0.253 e. The average molecular weight is 257 g/mol. The van der Waals surface area contributed by atoms with Gasteiger partial charge in [-0.2, -0.15) is 0 Å². The lowest BCUT2D eigenvalue weighted by atomic mass is 9.74. The van der Waals surface area contributed by atoms with Gasteiger partial charge in [-0.1, -0.05) is 6.92 Å². The Morgan fingerprint density at radius 1 is 1.47 bits per heavy atom. The molecular weight excluding hydrogens is 238 g/mol. The van der Waals surface area contributed by atoms with Crippen molar-refractivity contribution in [2.75, 3.05) is 5.73 Å². The van der Waals surface area contributed by atoms with Crippen molar-refractivity contribution in [3.05, 3.63) is 30.0 Å². The predicted octanol–water partition coefficient (Wildman–Crippen LogP) is 2.81. The first-order valence-corrected chi connectivity index (χ1v) is 6.83. The van der Waals surface area contributed by atoms with Crippen LogP contribution in [-0.2, 0) is 0 Å². The minimum atomic E-state index is -0.00148. The highest BCUT2D eigenvalue weighted by Crippen LogP contribution is 2.35. The van der Waals surface area contributed by atoms with Crippen molar-refractivity contribution in [2.24, 2.45) is 0 Å². The Kier molecular flexibility index (Phi) is 2.73. The maximum atomic E-state index is 12.4. The van der Waals surface area contributed by atoms with E-state index in [2.05, 4.69) is 17.2 Å². The van der Waals surface area contributed by atoms with E-state index in [1.807, 2.05) is 18.2 Å². The SMILES string of the molecule is CCC1(NC(=O)c2c[nH]c3ccc(N)cc23)CCC1. The topological polar surface area (TPSA) is 70.9 Å². The fourth-order valence-electron chi connectivity index (χ4n) is 2.80. The van der Waals surface area contributed by atoms with Crippen molar-refractivity contribution < 1.29 is 4.79 Å². The number of H-pyrrole nitrogens is 1. The number of hydrogen-bond acceptors (Lipinski definition) is 2. The van der Waals surface area contributed by atoms with Gasteiger partial charge in [0.1, 0.15) is 0 Å². The summed E-state index contributed by atoms with van der Waals surface area (Å²) < 4.78 is 0. The van der Waals surface area contributed by atoms with Crippen LogP contribution >= 0.6 is 0 Å². The smallest absolute Gasteiger partial charge is 0.253 e. The molecule has 1 heterocycles. The molecule has 1 aliphatic rings. The molecule has 3 rings (SSSR count). The summed E-state index contributed by atoms with van der Waals surface area (Å²) in [7, 11) is 0. The molecule has 1 aromatic heterocycles. The lowest BCUT2D eigenvalue weighted by molar-refractivity contribution is 0.0822. The number of anilines is 1. The zero-order valence-electron chi connectivity index (χ0n) is 11.1. The van der Waals surface area contributed by atoms with Crippen LogP contribution in [0, 0.1) is 0 Å². The van der Waals surface area contributed by atoms with Gasteiger partial charge in [-0.3, -0.25) is 4.79 Å². The summed E-state index contributed by atoms with van der Waals surface area (Å²) in [6.45, 7) is 2.13. The molecule has 1 aliphatic carbocycles. The number of amides is 1. The third kappa shape index (κ3) is 1.97. The molecule has 0 bridgehead atoms. The Balaban J connectivity index is 1.91. The number of rotatable bonds is 3.